The van der Waals surface area contributed by atoms with Crippen LogP contribution in [-0.2, 0) is 9.59 Å². The molecule has 5 heteroatoms. The predicted octanol–water partition coefficient (Wildman–Crippen LogP) is 1.18. The Labute approximate surface area is 85.4 Å². The van der Waals surface area contributed by atoms with E-state index in [1.54, 1.807) is 0 Å². The van der Waals surface area contributed by atoms with Gasteiger partial charge < -0.3 is 10.8 Å². The van der Waals surface area contributed by atoms with Gasteiger partial charge in [-0.05, 0) is 11.4 Å². The number of hydrogen-bond donors (Lipinski definition) is 2. The molecule has 0 aliphatic rings. The molecule has 0 bridgehead atoms. The lowest BCUT2D eigenvalue weighted by atomic mass is 9.99. The molecule has 14 heavy (non-hydrogen) atoms. The number of thiophene rings is 1. The number of carboxylic acid groups (broad SMARTS) is 1. The van der Waals surface area contributed by atoms with Gasteiger partial charge in [0.05, 0.1) is 6.42 Å². The van der Waals surface area contributed by atoms with Crippen LogP contribution in [-0.4, -0.2) is 17.0 Å². The summed E-state index contributed by atoms with van der Waals surface area (Å²) < 4.78 is 0. The average Bonchev–Trinajstić information content (AvgIpc) is 2.52. The Kier molecular flexibility index (Phi) is 3.64. The molecule has 4 nitrogen and oxygen atoms in total. The first-order valence-corrected chi connectivity index (χ1v) is 5.01. The third-order valence-electron chi connectivity index (χ3n) is 1.81. The molecule has 1 amide bonds. The first-order chi connectivity index (χ1) is 6.59. The van der Waals surface area contributed by atoms with Gasteiger partial charge in [-0.2, -0.15) is 0 Å². The van der Waals surface area contributed by atoms with Crippen LogP contribution in [0.4, 0.5) is 0 Å². The summed E-state index contributed by atoms with van der Waals surface area (Å²) in [6.07, 6.45) is 0.0380. The van der Waals surface area contributed by atoms with Crippen molar-refractivity contribution >= 4 is 23.2 Å². The summed E-state index contributed by atoms with van der Waals surface area (Å²) in [5, 5.41) is 10.5. The largest absolute Gasteiger partial charge is 0.481 e. The highest BCUT2D eigenvalue weighted by Gasteiger charge is 2.18. The maximum Gasteiger partial charge on any atom is 0.304 e. The van der Waals surface area contributed by atoms with Gasteiger partial charge in [0.1, 0.15) is 0 Å². The van der Waals surface area contributed by atoms with Gasteiger partial charge in [-0.1, -0.05) is 6.07 Å². The molecule has 1 rings (SSSR count). The minimum absolute atomic E-state index is 0.0521. The van der Waals surface area contributed by atoms with Crippen molar-refractivity contribution in [3.05, 3.63) is 22.4 Å². The maximum atomic E-state index is 10.7. The van der Waals surface area contributed by atoms with E-state index in [1.165, 1.54) is 11.3 Å². The van der Waals surface area contributed by atoms with Crippen molar-refractivity contribution < 1.29 is 14.7 Å². The van der Waals surface area contributed by atoms with Gasteiger partial charge >= 0.3 is 5.97 Å². The first kappa shape index (κ1) is 10.7. The standard InChI is InChI=1S/C9H11NO3S/c10-8(11)4-6(5-9(12)13)7-2-1-3-14-7/h1-3,6H,4-5H2,(H2,10,11)(H,12,13)/t6-/m0/s1. The van der Waals surface area contributed by atoms with Gasteiger partial charge in [-0.15, -0.1) is 11.3 Å². The van der Waals surface area contributed by atoms with Gasteiger partial charge in [0, 0.05) is 17.2 Å². The SMILES string of the molecule is NC(=O)C[C@@H](CC(=O)O)c1cccs1. The second-order valence-corrected chi connectivity index (χ2v) is 3.96. The molecule has 0 aromatic carbocycles. The van der Waals surface area contributed by atoms with Gasteiger partial charge in [0.15, 0.2) is 0 Å². The summed E-state index contributed by atoms with van der Waals surface area (Å²) in [6, 6.07) is 3.65. The molecule has 1 aromatic rings. The Morgan fingerprint density at radius 3 is 2.64 bits per heavy atom. The molecule has 0 saturated carbocycles. The van der Waals surface area contributed by atoms with Gasteiger partial charge in [0.25, 0.3) is 0 Å². The molecule has 3 N–H and O–H groups in total. The van der Waals surface area contributed by atoms with Crippen molar-refractivity contribution in [2.75, 3.05) is 0 Å². The summed E-state index contributed by atoms with van der Waals surface area (Å²) in [7, 11) is 0. The predicted molar refractivity (Wildman–Crippen MR) is 53.1 cm³/mol. The highest BCUT2D eigenvalue weighted by molar-refractivity contribution is 7.10. The van der Waals surface area contributed by atoms with Crippen molar-refractivity contribution in [1.29, 1.82) is 0 Å². The zero-order chi connectivity index (χ0) is 10.6. The van der Waals surface area contributed by atoms with Crippen LogP contribution < -0.4 is 5.73 Å². The van der Waals surface area contributed by atoms with E-state index >= 15 is 0 Å². The minimum atomic E-state index is -0.912. The van der Waals surface area contributed by atoms with E-state index < -0.39 is 11.9 Å². The summed E-state index contributed by atoms with van der Waals surface area (Å²) >= 11 is 1.44. The molecule has 0 fully saturated rings. The van der Waals surface area contributed by atoms with Crippen LogP contribution in [0.15, 0.2) is 17.5 Å². The Bertz CT molecular complexity index is 305. The Balaban J connectivity index is 2.71. The van der Waals surface area contributed by atoms with Gasteiger partial charge in [-0.3, -0.25) is 9.59 Å². The van der Waals surface area contributed by atoms with Gasteiger partial charge in [0.2, 0.25) is 5.91 Å². The zero-order valence-electron chi connectivity index (χ0n) is 7.47. The molecule has 0 radical (unpaired) electrons. The monoisotopic (exact) mass is 213 g/mol. The topological polar surface area (TPSA) is 80.4 Å². The number of nitrogens with two attached hydrogens (primary N) is 1. The van der Waals surface area contributed by atoms with E-state index in [9.17, 15) is 9.59 Å². The third-order valence-corrected chi connectivity index (χ3v) is 2.85. The fraction of sp³-hybridized carbons (Fsp3) is 0.333. The van der Waals surface area contributed by atoms with Crippen LogP contribution in [0, 0.1) is 0 Å². The number of aliphatic carboxylic acids is 1. The van der Waals surface area contributed by atoms with Crippen LogP contribution in [0.1, 0.15) is 23.6 Å². The van der Waals surface area contributed by atoms with Crippen LogP contribution in [0.25, 0.3) is 0 Å². The third kappa shape index (κ3) is 3.18. The fourth-order valence-corrected chi connectivity index (χ4v) is 2.08. The molecule has 0 unspecified atom stereocenters. The van der Waals surface area contributed by atoms with Crippen LogP contribution in [0.5, 0.6) is 0 Å². The summed E-state index contributed by atoms with van der Waals surface area (Å²) in [5.74, 6) is -1.67. The number of carbonyl (C=O) groups is 2. The number of primary amides is 1. The van der Waals surface area contributed by atoms with Crippen LogP contribution in [0.2, 0.25) is 0 Å². The second-order valence-electron chi connectivity index (χ2n) is 2.98. The van der Waals surface area contributed by atoms with Gasteiger partial charge in [-0.25, -0.2) is 0 Å². The van der Waals surface area contributed by atoms with E-state index in [2.05, 4.69) is 0 Å². The molecule has 0 saturated heterocycles. The van der Waals surface area contributed by atoms with Crippen LogP contribution in [0.3, 0.4) is 0 Å². The lowest BCUT2D eigenvalue weighted by Gasteiger charge is -2.09. The summed E-state index contributed by atoms with van der Waals surface area (Å²) in [6.45, 7) is 0. The number of carboxylic acids is 1. The zero-order valence-corrected chi connectivity index (χ0v) is 8.29. The summed E-state index contributed by atoms with van der Waals surface area (Å²) in [4.78, 5) is 22.2. The maximum absolute atomic E-state index is 10.7. The highest BCUT2D eigenvalue weighted by Crippen LogP contribution is 2.27. The van der Waals surface area contributed by atoms with Crippen molar-refractivity contribution in [2.24, 2.45) is 5.73 Å². The quantitative estimate of drug-likeness (QED) is 0.770. The number of hydrogen-bond acceptors (Lipinski definition) is 3. The van der Waals surface area contributed by atoms with Crippen molar-refractivity contribution in [1.82, 2.24) is 0 Å². The lowest BCUT2D eigenvalue weighted by Crippen LogP contribution is -2.16. The summed E-state index contributed by atoms with van der Waals surface area (Å²) in [5.41, 5.74) is 5.05. The first-order valence-electron chi connectivity index (χ1n) is 4.13. The Hall–Kier alpha value is -1.36. The number of rotatable bonds is 5. The lowest BCUT2D eigenvalue weighted by molar-refractivity contribution is -0.137. The van der Waals surface area contributed by atoms with Crippen molar-refractivity contribution in [3.8, 4) is 0 Å². The Morgan fingerprint density at radius 1 is 1.50 bits per heavy atom. The number of carbonyl (C=O) groups excluding carboxylic acids is 1. The fourth-order valence-electron chi connectivity index (χ4n) is 1.25. The Morgan fingerprint density at radius 2 is 2.21 bits per heavy atom. The molecular formula is C9H11NO3S. The second kappa shape index (κ2) is 4.76. The van der Waals surface area contributed by atoms with Crippen molar-refractivity contribution in [2.45, 2.75) is 18.8 Å². The van der Waals surface area contributed by atoms with Crippen molar-refractivity contribution in [3.63, 3.8) is 0 Å². The van der Waals surface area contributed by atoms with E-state index in [0.717, 1.165) is 4.88 Å². The average molecular weight is 213 g/mol. The van der Waals surface area contributed by atoms with Crippen LogP contribution >= 0.6 is 11.3 Å². The smallest absolute Gasteiger partial charge is 0.304 e. The highest BCUT2D eigenvalue weighted by atomic mass is 32.1. The molecule has 0 aliphatic carbocycles. The number of amides is 1. The molecule has 1 aromatic heterocycles. The molecule has 0 aliphatic heterocycles. The molecule has 1 atom stereocenters. The normalized spacial score (nSPS) is 12.3. The van der Waals surface area contributed by atoms with E-state index in [0.29, 0.717) is 0 Å². The van der Waals surface area contributed by atoms with E-state index in [4.69, 9.17) is 10.8 Å². The van der Waals surface area contributed by atoms with E-state index in [1.807, 2.05) is 17.5 Å². The molecule has 76 valence electrons. The van der Waals surface area contributed by atoms with E-state index in [-0.39, 0.29) is 18.8 Å². The molecular weight excluding hydrogens is 202 g/mol. The molecule has 0 spiro atoms. The minimum Gasteiger partial charge on any atom is -0.481 e. The molecule has 1 heterocycles.